The summed E-state index contributed by atoms with van der Waals surface area (Å²) in [4.78, 5) is 36.1. The molecule has 7 nitrogen and oxygen atoms in total. The molecule has 20 heavy (non-hydrogen) atoms. The maximum absolute atomic E-state index is 11.8. The molecule has 0 bridgehead atoms. The van der Waals surface area contributed by atoms with E-state index in [2.05, 4.69) is 15.4 Å². The van der Waals surface area contributed by atoms with Gasteiger partial charge in [-0.1, -0.05) is 0 Å². The number of imide groups is 1. The molecule has 0 aliphatic carbocycles. The SMILES string of the molecule is O=C1NC(=O)C2(CCN(C(=O)CCOCC(F)F)C2)N1. The van der Waals surface area contributed by atoms with Gasteiger partial charge in [-0.15, -0.1) is 0 Å². The lowest BCUT2D eigenvalue weighted by Crippen LogP contribution is -2.49. The number of halogens is 2. The summed E-state index contributed by atoms with van der Waals surface area (Å²) in [6, 6.07) is -0.565. The Kier molecular flexibility index (Phi) is 4.17. The van der Waals surface area contributed by atoms with Crippen LogP contribution in [0.5, 0.6) is 0 Å². The normalized spacial score (nSPS) is 25.4. The third-order valence-corrected chi connectivity index (χ3v) is 3.34. The van der Waals surface area contributed by atoms with Crippen molar-refractivity contribution in [1.82, 2.24) is 15.5 Å². The van der Waals surface area contributed by atoms with Crippen molar-refractivity contribution in [3.63, 3.8) is 0 Å². The third kappa shape index (κ3) is 3.03. The van der Waals surface area contributed by atoms with Crippen molar-refractivity contribution in [3.05, 3.63) is 0 Å². The van der Waals surface area contributed by atoms with E-state index in [0.717, 1.165) is 0 Å². The summed E-state index contributed by atoms with van der Waals surface area (Å²) in [5, 5.41) is 4.66. The van der Waals surface area contributed by atoms with E-state index in [4.69, 9.17) is 0 Å². The Hall–Kier alpha value is -1.77. The van der Waals surface area contributed by atoms with Gasteiger partial charge in [0.2, 0.25) is 5.91 Å². The number of nitrogens with one attached hydrogen (secondary N) is 2. The van der Waals surface area contributed by atoms with Crippen LogP contribution in [-0.2, 0) is 14.3 Å². The van der Waals surface area contributed by atoms with E-state index in [9.17, 15) is 23.2 Å². The van der Waals surface area contributed by atoms with Gasteiger partial charge < -0.3 is 15.0 Å². The van der Waals surface area contributed by atoms with E-state index in [-0.39, 0.29) is 25.5 Å². The van der Waals surface area contributed by atoms with Gasteiger partial charge in [0.15, 0.2) is 0 Å². The zero-order chi connectivity index (χ0) is 14.8. The molecule has 0 aromatic heterocycles. The number of carbonyl (C=O) groups is 3. The van der Waals surface area contributed by atoms with E-state index in [1.165, 1.54) is 4.90 Å². The molecule has 4 amide bonds. The van der Waals surface area contributed by atoms with Crippen LogP contribution in [0.1, 0.15) is 12.8 Å². The second kappa shape index (κ2) is 5.70. The summed E-state index contributed by atoms with van der Waals surface area (Å²) >= 11 is 0. The van der Waals surface area contributed by atoms with Crippen LogP contribution in [0.3, 0.4) is 0 Å². The van der Waals surface area contributed by atoms with Gasteiger partial charge in [-0.2, -0.15) is 0 Å². The van der Waals surface area contributed by atoms with Crippen LogP contribution < -0.4 is 10.6 Å². The Morgan fingerprint density at radius 2 is 2.20 bits per heavy atom. The van der Waals surface area contributed by atoms with Crippen LogP contribution in [0.2, 0.25) is 0 Å². The fraction of sp³-hybridized carbons (Fsp3) is 0.727. The molecule has 2 rings (SSSR count). The van der Waals surface area contributed by atoms with Crippen LogP contribution in [-0.4, -0.2) is 61.0 Å². The van der Waals surface area contributed by atoms with Gasteiger partial charge in [0, 0.05) is 6.54 Å². The zero-order valence-corrected chi connectivity index (χ0v) is 10.7. The highest BCUT2D eigenvalue weighted by Gasteiger charge is 2.51. The molecule has 2 N–H and O–H groups in total. The van der Waals surface area contributed by atoms with Gasteiger partial charge in [-0.3, -0.25) is 14.9 Å². The van der Waals surface area contributed by atoms with Crippen LogP contribution in [0.25, 0.3) is 0 Å². The molecule has 2 fully saturated rings. The predicted octanol–water partition coefficient (Wildman–Crippen LogP) is -0.531. The van der Waals surface area contributed by atoms with E-state index >= 15 is 0 Å². The maximum Gasteiger partial charge on any atom is 0.322 e. The van der Waals surface area contributed by atoms with Gasteiger partial charge in [-0.25, -0.2) is 13.6 Å². The van der Waals surface area contributed by atoms with Crippen LogP contribution in [0.15, 0.2) is 0 Å². The van der Waals surface area contributed by atoms with E-state index in [1.807, 2.05) is 0 Å². The lowest BCUT2D eigenvalue weighted by Gasteiger charge is -2.21. The van der Waals surface area contributed by atoms with Crippen molar-refractivity contribution >= 4 is 17.8 Å². The number of hydrogen-bond acceptors (Lipinski definition) is 4. The molecule has 9 heteroatoms. The number of likely N-dealkylation sites (tertiary alicyclic amines) is 1. The lowest BCUT2D eigenvalue weighted by molar-refractivity contribution is -0.132. The molecule has 2 saturated heterocycles. The molecule has 1 unspecified atom stereocenters. The van der Waals surface area contributed by atoms with Gasteiger partial charge in [0.25, 0.3) is 12.3 Å². The quantitative estimate of drug-likeness (QED) is 0.526. The maximum atomic E-state index is 11.8. The first-order valence-electron chi connectivity index (χ1n) is 6.20. The minimum absolute atomic E-state index is 0.0294. The molecule has 1 spiro atoms. The first-order chi connectivity index (χ1) is 9.43. The van der Waals surface area contributed by atoms with E-state index in [0.29, 0.717) is 13.0 Å². The van der Waals surface area contributed by atoms with E-state index in [1.54, 1.807) is 0 Å². The molecule has 2 heterocycles. The molecule has 0 saturated carbocycles. The first kappa shape index (κ1) is 14.6. The predicted molar refractivity (Wildman–Crippen MR) is 62.0 cm³/mol. The summed E-state index contributed by atoms with van der Waals surface area (Å²) in [7, 11) is 0. The molecule has 112 valence electrons. The minimum atomic E-state index is -2.56. The zero-order valence-electron chi connectivity index (χ0n) is 10.7. The fourth-order valence-electron chi connectivity index (χ4n) is 2.33. The second-order valence-corrected chi connectivity index (χ2v) is 4.77. The average molecular weight is 291 g/mol. The van der Waals surface area contributed by atoms with Crippen LogP contribution in [0, 0.1) is 0 Å². The minimum Gasteiger partial charge on any atom is -0.375 e. The molecule has 0 radical (unpaired) electrons. The highest BCUT2D eigenvalue weighted by atomic mass is 19.3. The molecule has 0 aromatic carbocycles. The van der Waals surface area contributed by atoms with Gasteiger partial charge in [-0.05, 0) is 6.42 Å². The summed E-state index contributed by atoms with van der Waals surface area (Å²) in [6.45, 7) is -0.361. The van der Waals surface area contributed by atoms with Gasteiger partial charge >= 0.3 is 6.03 Å². The van der Waals surface area contributed by atoms with Gasteiger partial charge in [0.05, 0.1) is 19.6 Å². The standard InChI is InChI=1S/C11H15F2N3O4/c12-7(13)5-20-4-1-8(17)16-3-2-11(6-16)9(18)14-10(19)15-11/h7H,1-6H2,(H2,14,15,18,19). The van der Waals surface area contributed by atoms with Crippen molar-refractivity contribution in [2.45, 2.75) is 24.8 Å². The summed E-state index contributed by atoms with van der Waals surface area (Å²) in [6.07, 6.45) is -2.25. The fourth-order valence-corrected chi connectivity index (χ4v) is 2.33. The summed E-state index contributed by atoms with van der Waals surface area (Å²) < 4.78 is 28.3. The van der Waals surface area contributed by atoms with Crippen molar-refractivity contribution in [1.29, 1.82) is 0 Å². The Bertz CT molecular complexity index is 432. The summed E-state index contributed by atoms with van der Waals surface area (Å²) in [5.74, 6) is -0.725. The number of hydrogen-bond donors (Lipinski definition) is 2. The van der Waals surface area contributed by atoms with Crippen molar-refractivity contribution in [2.24, 2.45) is 0 Å². The van der Waals surface area contributed by atoms with Gasteiger partial charge in [0.1, 0.15) is 12.1 Å². The lowest BCUT2D eigenvalue weighted by atomic mass is 10.00. The summed E-state index contributed by atoms with van der Waals surface area (Å²) in [5.41, 5.74) is -1.05. The monoisotopic (exact) mass is 291 g/mol. The van der Waals surface area contributed by atoms with E-state index < -0.39 is 30.5 Å². The third-order valence-electron chi connectivity index (χ3n) is 3.34. The van der Waals surface area contributed by atoms with Crippen LogP contribution >= 0.6 is 0 Å². The Morgan fingerprint density at radius 1 is 1.45 bits per heavy atom. The topological polar surface area (TPSA) is 87.7 Å². The van der Waals surface area contributed by atoms with Crippen LogP contribution in [0.4, 0.5) is 13.6 Å². The number of carbonyl (C=O) groups excluding carboxylic acids is 3. The number of amides is 4. The Balaban J connectivity index is 1.79. The van der Waals surface area contributed by atoms with Crippen molar-refractivity contribution in [2.75, 3.05) is 26.3 Å². The molecule has 1 atom stereocenters. The molecular weight excluding hydrogens is 276 g/mol. The number of rotatable bonds is 5. The van der Waals surface area contributed by atoms with Crippen molar-refractivity contribution < 1.29 is 27.9 Å². The molecule has 2 aliphatic rings. The Morgan fingerprint density at radius 3 is 2.80 bits per heavy atom. The number of ether oxygens (including phenoxy) is 1. The first-order valence-corrected chi connectivity index (χ1v) is 6.20. The second-order valence-electron chi connectivity index (χ2n) is 4.77. The highest BCUT2D eigenvalue weighted by molar-refractivity contribution is 6.07. The van der Waals surface area contributed by atoms with Crippen molar-refractivity contribution in [3.8, 4) is 0 Å². The highest BCUT2D eigenvalue weighted by Crippen LogP contribution is 2.24. The largest absolute Gasteiger partial charge is 0.375 e. The Labute approximate surface area is 113 Å². The molecule has 0 aromatic rings. The smallest absolute Gasteiger partial charge is 0.322 e. The number of alkyl halides is 2. The molecular formula is C11H15F2N3O4. The number of urea groups is 1. The number of nitrogens with zero attached hydrogens (tertiary/aromatic N) is 1. The molecule has 2 aliphatic heterocycles. The average Bonchev–Trinajstić information content (AvgIpc) is 2.90.